The lowest BCUT2D eigenvalue weighted by atomic mass is 9.81. The van der Waals surface area contributed by atoms with E-state index in [1.54, 1.807) is 0 Å². The fourth-order valence-corrected chi connectivity index (χ4v) is 9.06. The molecule has 2 nitrogen and oxygen atoms in total. The fourth-order valence-electron chi connectivity index (χ4n) is 9.06. The summed E-state index contributed by atoms with van der Waals surface area (Å²) in [7, 11) is 0. The van der Waals surface area contributed by atoms with E-state index >= 15 is 0 Å². The van der Waals surface area contributed by atoms with E-state index in [1.807, 2.05) is 0 Å². The van der Waals surface area contributed by atoms with Gasteiger partial charge in [-0.25, -0.2) is 9.97 Å². The van der Waals surface area contributed by atoms with Crippen LogP contribution in [0, 0.1) is 0 Å². The molecule has 2 heteroatoms. The Morgan fingerprint density at radius 1 is 0.327 bits per heavy atom. The van der Waals surface area contributed by atoms with E-state index in [4.69, 9.17) is 9.97 Å². The summed E-state index contributed by atoms with van der Waals surface area (Å²) >= 11 is 0. The number of hydrogen-bond donors (Lipinski definition) is 0. The first-order valence-electron chi connectivity index (χ1n) is 19.1. The second-order valence-electron chi connectivity index (χ2n) is 15.4. The molecule has 0 unspecified atom stereocenters. The molecule has 0 N–H and O–H groups in total. The summed E-state index contributed by atoms with van der Waals surface area (Å²) in [6, 6.07) is 66.0. The minimum atomic E-state index is -0.116. The molecular weight excluding hydrogens is 665 g/mol. The minimum Gasteiger partial charge on any atom is -0.228 e. The van der Waals surface area contributed by atoms with E-state index in [2.05, 4.69) is 196 Å². The van der Waals surface area contributed by atoms with Gasteiger partial charge < -0.3 is 0 Å². The number of nitrogens with zero attached hydrogens (tertiary/aromatic N) is 2. The lowest BCUT2D eigenvalue weighted by Crippen LogP contribution is -2.15. The summed E-state index contributed by atoms with van der Waals surface area (Å²) in [5, 5.41) is 9.74. The van der Waals surface area contributed by atoms with Crippen LogP contribution in [0.5, 0.6) is 0 Å². The van der Waals surface area contributed by atoms with Gasteiger partial charge in [0.2, 0.25) is 0 Å². The Kier molecular flexibility index (Phi) is 6.93. The molecule has 0 saturated heterocycles. The molecule has 0 saturated carbocycles. The second kappa shape index (κ2) is 12.1. The van der Waals surface area contributed by atoms with Crippen LogP contribution < -0.4 is 0 Å². The van der Waals surface area contributed by atoms with Crippen molar-refractivity contribution in [2.24, 2.45) is 0 Å². The van der Waals surface area contributed by atoms with Crippen LogP contribution in [0.4, 0.5) is 0 Å². The molecule has 10 aromatic rings. The molecule has 9 aromatic carbocycles. The van der Waals surface area contributed by atoms with Gasteiger partial charge in [-0.15, -0.1) is 0 Å². The van der Waals surface area contributed by atoms with Crippen LogP contribution in [0.3, 0.4) is 0 Å². The van der Waals surface area contributed by atoms with Gasteiger partial charge >= 0.3 is 0 Å². The van der Waals surface area contributed by atoms with Crippen molar-refractivity contribution in [3.8, 4) is 56.2 Å². The van der Waals surface area contributed by atoms with E-state index in [1.165, 1.54) is 71.1 Å². The third-order valence-corrected chi connectivity index (χ3v) is 11.9. The molecule has 0 fully saturated rings. The highest BCUT2D eigenvalue weighted by Gasteiger charge is 2.36. The Hall–Kier alpha value is -6.90. The first-order chi connectivity index (χ1) is 27.0. The fraction of sp³-hybridized carbons (Fsp3) is 0.0566. The molecule has 0 aliphatic heterocycles. The summed E-state index contributed by atoms with van der Waals surface area (Å²) in [5.74, 6) is 0.717. The molecule has 55 heavy (non-hydrogen) atoms. The monoisotopic (exact) mass is 700 g/mol. The van der Waals surface area contributed by atoms with Crippen molar-refractivity contribution < 1.29 is 0 Å². The SMILES string of the molecule is CC1(C)c2cc(-c3ccc(-c4nc(-c5ccccc5)cc(-c5cc6ccccc6c6ccccc56)n4)c4ccccc34)ccc2-c2cc3ccccc3cc21. The van der Waals surface area contributed by atoms with Crippen LogP contribution in [0.15, 0.2) is 182 Å². The zero-order valence-electron chi connectivity index (χ0n) is 30.7. The average molecular weight is 701 g/mol. The van der Waals surface area contributed by atoms with Crippen molar-refractivity contribution in [2.75, 3.05) is 0 Å². The van der Waals surface area contributed by atoms with Crippen molar-refractivity contribution in [1.82, 2.24) is 9.97 Å². The molecule has 258 valence electrons. The molecule has 0 atom stereocenters. The van der Waals surface area contributed by atoms with Crippen LogP contribution in [0.1, 0.15) is 25.0 Å². The number of rotatable bonds is 4. The molecule has 1 aliphatic carbocycles. The summed E-state index contributed by atoms with van der Waals surface area (Å²) < 4.78 is 0. The van der Waals surface area contributed by atoms with Gasteiger partial charge in [-0.2, -0.15) is 0 Å². The van der Waals surface area contributed by atoms with Crippen molar-refractivity contribution in [3.05, 3.63) is 193 Å². The van der Waals surface area contributed by atoms with E-state index in [0.717, 1.165) is 33.5 Å². The molecule has 1 aliphatic rings. The number of aromatic nitrogens is 2. The highest BCUT2D eigenvalue weighted by molar-refractivity contribution is 6.14. The molecule has 0 spiro atoms. The first kappa shape index (κ1) is 31.6. The maximum atomic E-state index is 5.41. The van der Waals surface area contributed by atoms with Gasteiger partial charge in [-0.1, -0.05) is 159 Å². The molecule has 0 bridgehead atoms. The number of fused-ring (bicyclic) bond motifs is 8. The Bertz CT molecular complexity index is 3170. The molecule has 1 heterocycles. The van der Waals surface area contributed by atoms with Crippen molar-refractivity contribution in [2.45, 2.75) is 19.3 Å². The maximum Gasteiger partial charge on any atom is 0.161 e. The van der Waals surface area contributed by atoms with E-state index in [0.29, 0.717) is 5.82 Å². The van der Waals surface area contributed by atoms with E-state index in [9.17, 15) is 0 Å². The highest BCUT2D eigenvalue weighted by Crippen LogP contribution is 2.51. The van der Waals surface area contributed by atoms with Gasteiger partial charge in [0.15, 0.2) is 5.82 Å². The average Bonchev–Trinajstić information content (AvgIpc) is 3.46. The smallest absolute Gasteiger partial charge is 0.161 e. The predicted molar refractivity (Wildman–Crippen MR) is 231 cm³/mol. The van der Waals surface area contributed by atoms with Gasteiger partial charge in [0.05, 0.1) is 11.4 Å². The zero-order valence-corrected chi connectivity index (χ0v) is 30.7. The Morgan fingerprint density at radius 3 is 1.62 bits per heavy atom. The number of benzene rings is 9. The van der Waals surface area contributed by atoms with E-state index < -0.39 is 0 Å². The summed E-state index contributed by atoms with van der Waals surface area (Å²) in [5.41, 5.74) is 12.7. The summed E-state index contributed by atoms with van der Waals surface area (Å²) in [6.45, 7) is 4.73. The lowest BCUT2D eigenvalue weighted by Gasteiger charge is -2.22. The van der Waals surface area contributed by atoms with Crippen LogP contribution in [-0.2, 0) is 5.41 Å². The highest BCUT2D eigenvalue weighted by atomic mass is 14.9. The normalized spacial score (nSPS) is 13.1. The molecule has 0 radical (unpaired) electrons. The molecule has 1 aromatic heterocycles. The zero-order chi connectivity index (χ0) is 36.7. The maximum absolute atomic E-state index is 5.41. The third-order valence-electron chi connectivity index (χ3n) is 11.9. The minimum absolute atomic E-state index is 0.116. The van der Waals surface area contributed by atoms with E-state index in [-0.39, 0.29) is 5.41 Å². The topological polar surface area (TPSA) is 25.8 Å². The third kappa shape index (κ3) is 4.95. The second-order valence-corrected chi connectivity index (χ2v) is 15.4. The predicted octanol–water partition coefficient (Wildman–Crippen LogP) is 14.1. The lowest BCUT2D eigenvalue weighted by molar-refractivity contribution is 0.661. The standard InChI is InChI=1S/C53H36N2/c1-53(2)48-31-37(24-25-44(48)46-28-34-16-6-7-17-35(34)30-49(46)53)39-26-27-45(42-22-12-10-21-41(39)42)52-54-50(33-14-4-3-5-15-33)32-51(55-52)47-29-36-18-8-9-19-38(36)40-20-11-13-23-43(40)47/h3-32H,1-2H3. The van der Waals surface area contributed by atoms with Gasteiger partial charge in [0.1, 0.15) is 0 Å². The Labute approximate surface area is 320 Å². The largest absolute Gasteiger partial charge is 0.228 e. The van der Waals surface area contributed by atoms with Gasteiger partial charge in [0, 0.05) is 22.1 Å². The van der Waals surface area contributed by atoms with Crippen LogP contribution in [0.2, 0.25) is 0 Å². The molecule has 0 amide bonds. The Morgan fingerprint density at radius 2 is 0.855 bits per heavy atom. The summed E-state index contributed by atoms with van der Waals surface area (Å²) in [6.07, 6.45) is 0. The van der Waals surface area contributed by atoms with Crippen LogP contribution >= 0.6 is 0 Å². The Balaban J connectivity index is 1.09. The van der Waals surface area contributed by atoms with Crippen molar-refractivity contribution in [3.63, 3.8) is 0 Å². The summed E-state index contributed by atoms with van der Waals surface area (Å²) in [4.78, 5) is 10.7. The van der Waals surface area contributed by atoms with Gasteiger partial charge in [-0.05, 0) is 113 Å². The van der Waals surface area contributed by atoms with Gasteiger partial charge in [-0.3, -0.25) is 0 Å². The quantitative estimate of drug-likeness (QED) is 0.171. The first-order valence-corrected chi connectivity index (χ1v) is 19.1. The van der Waals surface area contributed by atoms with Crippen molar-refractivity contribution in [1.29, 1.82) is 0 Å². The molecular formula is C53H36N2. The van der Waals surface area contributed by atoms with Crippen LogP contribution in [0.25, 0.3) is 99.2 Å². The number of hydrogen-bond acceptors (Lipinski definition) is 2. The molecule has 11 rings (SSSR count). The van der Waals surface area contributed by atoms with Crippen molar-refractivity contribution >= 4 is 43.1 Å². The van der Waals surface area contributed by atoms with Crippen LogP contribution in [-0.4, -0.2) is 9.97 Å². The van der Waals surface area contributed by atoms with Gasteiger partial charge in [0.25, 0.3) is 0 Å².